The van der Waals surface area contributed by atoms with Gasteiger partial charge < -0.3 is 9.84 Å². The Morgan fingerprint density at radius 1 is 1.22 bits per heavy atom. The summed E-state index contributed by atoms with van der Waals surface area (Å²) < 4.78 is 76.3. The van der Waals surface area contributed by atoms with Gasteiger partial charge in [-0.25, -0.2) is 4.98 Å². The van der Waals surface area contributed by atoms with Gasteiger partial charge >= 0.3 is 12.5 Å². The molecule has 0 aliphatic heterocycles. The molecule has 0 amide bonds. The van der Waals surface area contributed by atoms with Crippen LogP contribution in [0.25, 0.3) is 0 Å². The van der Waals surface area contributed by atoms with Crippen LogP contribution in [0, 0.1) is 3.57 Å². The summed E-state index contributed by atoms with van der Waals surface area (Å²) >= 11 is 1.19. The molecule has 1 N–H and O–H groups in total. The van der Waals surface area contributed by atoms with Gasteiger partial charge in [-0.3, -0.25) is 0 Å². The molecule has 0 spiro atoms. The van der Waals surface area contributed by atoms with Crippen LogP contribution in [0.15, 0.2) is 6.07 Å². The predicted molar refractivity (Wildman–Crippen MR) is 54.6 cm³/mol. The second kappa shape index (κ2) is 5.07. The molecular weight excluding hydrogens is 383 g/mol. The number of hydrogen-bond acceptors (Lipinski definition) is 3. The standard InChI is InChI=1S/C8H4F6INO2/c9-7(10,11)5-4(15)1-3(2-17)16-6(5)18-8(12,13)14/h1,17H,2H2. The van der Waals surface area contributed by atoms with Crippen molar-refractivity contribution < 1.29 is 36.2 Å². The second-order valence-corrected chi connectivity index (χ2v) is 4.14. The molecule has 0 aromatic carbocycles. The number of alkyl halides is 6. The molecule has 0 aliphatic carbocycles. The smallest absolute Gasteiger partial charge is 0.390 e. The molecule has 1 aromatic heterocycles. The lowest BCUT2D eigenvalue weighted by atomic mass is 10.2. The third-order valence-corrected chi connectivity index (χ3v) is 2.50. The van der Waals surface area contributed by atoms with Gasteiger partial charge in [0.1, 0.15) is 5.56 Å². The van der Waals surface area contributed by atoms with Gasteiger partial charge in [-0.05, 0) is 28.7 Å². The summed E-state index contributed by atoms with van der Waals surface area (Å²) in [6.45, 7) is -0.803. The molecule has 0 aliphatic rings. The molecule has 0 fully saturated rings. The van der Waals surface area contributed by atoms with Gasteiger partial charge in [0.15, 0.2) is 0 Å². The molecule has 1 heterocycles. The number of hydrogen-bond donors (Lipinski definition) is 1. The Bertz CT molecular complexity index is 444. The van der Waals surface area contributed by atoms with E-state index in [4.69, 9.17) is 5.11 Å². The predicted octanol–water partition coefficient (Wildman–Crippen LogP) is 3.10. The van der Waals surface area contributed by atoms with E-state index in [1.165, 1.54) is 22.6 Å². The largest absolute Gasteiger partial charge is 0.574 e. The lowest BCUT2D eigenvalue weighted by molar-refractivity contribution is -0.278. The fourth-order valence-electron chi connectivity index (χ4n) is 1.06. The Kier molecular flexibility index (Phi) is 4.30. The van der Waals surface area contributed by atoms with E-state index in [9.17, 15) is 26.3 Å². The molecule has 10 heteroatoms. The van der Waals surface area contributed by atoms with Crippen LogP contribution in [-0.4, -0.2) is 16.5 Å². The van der Waals surface area contributed by atoms with Crippen LogP contribution in [-0.2, 0) is 12.8 Å². The van der Waals surface area contributed by atoms with Crippen LogP contribution in [0.2, 0.25) is 0 Å². The van der Waals surface area contributed by atoms with E-state index in [-0.39, 0.29) is 5.69 Å². The number of nitrogens with zero attached hydrogens (tertiary/aromatic N) is 1. The van der Waals surface area contributed by atoms with Gasteiger partial charge in [0.2, 0.25) is 5.88 Å². The Morgan fingerprint density at radius 2 is 1.78 bits per heavy atom. The first-order chi connectivity index (χ1) is 8.04. The van der Waals surface area contributed by atoms with Crippen molar-refractivity contribution in [3.05, 3.63) is 20.9 Å². The molecule has 0 atom stereocenters. The van der Waals surface area contributed by atoms with Crippen LogP contribution >= 0.6 is 22.6 Å². The van der Waals surface area contributed by atoms with Crippen LogP contribution in [0.1, 0.15) is 11.3 Å². The molecule has 0 saturated heterocycles. The first kappa shape index (κ1) is 15.3. The Morgan fingerprint density at radius 3 is 2.17 bits per heavy atom. The average Bonchev–Trinajstić information content (AvgIpc) is 2.11. The minimum Gasteiger partial charge on any atom is -0.390 e. The number of aromatic nitrogens is 1. The lowest BCUT2D eigenvalue weighted by Gasteiger charge is -2.16. The third kappa shape index (κ3) is 3.86. The topological polar surface area (TPSA) is 42.4 Å². The fraction of sp³-hybridized carbons (Fsp3) is 0.375. The number of aliphatic hydroxyl groups excluding tert-OH is 1. The summed E-state index contributed by atoms with van der Waals surface area (Å²) in [7, 11) is 0. The van der Waals surface area contributed by atoms with E-state index in [1.54, 1.807) is 0 Å². The highest BCUT2D eigenvalue weighted by atomic mass is 127. The Balaban J connectivity index is 3.39. The van der Waals surface area contributed by atoms with E-state index >= 15 is 0 Å². The summed E-state index contributed by atoms with van der Waals surface area (Å²) in [5.41, 5.74) is -1.98. The molecule has 1 aromatic rings. The molecule has 0 radical (unpaired) electrons. The van der Waals surface area contributed by atoms with Crippen molar-refractivity contribution in [2.24, 2.45) is 0 Å². The zero-order valence-electron chi connectivity index (χ0n) is 8.23. The van der Waals surface area contributed by atoms with Crippen molar-refractivity contribution in [3.8, 4) is 5.88 Å². The summed E-state index contributed by atoms with van der Waals surface area (Å²) in [4.78, 5) is 2.99. The molecule has 102 valence electrons. The van der Waals surface area contributed by atoms with Crippen LogP contribution in [0.4, 0.5) is 26.3 Å². The van der Waals surface area contributed by atoms with Crippen molar-refractivity contribution in [2.45, 2.75) is 19.1 Å². The highest BCUT2D eigenvalue weighted by Crippen LogP contribution is 2.40. The van der Waals surface area contributed by atoms with Crippen LogP contribution < -0.4 is 4.74 Å². The maximum absolute atomic E-state index is 12.6. The van der Waals surface area contributed by atoms with Gasteiger partial charge in [-0.1, -0.05) is 0 Å². The molecular formula is C8H4F6INO2. The van der Waals surface area contributed by atoms with Gasteiger partial charge in [-0.15, -0.1) is 13.2 Å². The average molecular weight is 387 g/mol. The lowest BCUT2D eigenvalue weighted by Crippen LogP contribution is -2.22. The zero-order chi connectivity index (χ0) is 14.1. The van der Waals surface area contributed by atoms with Crippen molar-refractivity contribution in [1.29, 1.82) is 0 Å². The van der Waals surface area contributed by atoms with Crippen LogP contribution in [0.3, 0.4) is 0 Å². The quantitative estimate of drug-likeness (QED) is 0.627. The first-order valence-corrected chi connectivity index (χ1v) is 5.25. The maximum Gasteiger partial charge on any atom is 0.574 e. The highest BCUT2D eigenvalue weighted by Gasteiger charge is 2.42. The van der Waals surface area contributed by atoms with E-state index in [0.717, 1.165) is 6.07 Å². The summed E-state index contributed by atoms with van der Waals surface area (Å²) in [6.07, 6.45) is -10.3. The minimum absolute atomic E-state index is 0.355. The number of ether oxygens (including phenoxy) is 1. The van der Waals surface area contributed by atoms with Crippen molar-refractivity contribution in [2.75, 3.05) is 0 Å². The highest BCUT2D eigenvalue weighted by molar-refractivity contribution is 14.1. The van der Waals surface area contributed by atoms with E-state index in [2.05, 4.69) is 9.72 Å². The number of rotatable bonds is 2. The molecule has 0 bridgehead atoms. The Labute approximate surface area is 110 Å². The van der Waals surface area contributed by atoms with Crippen molar-refractivity contribution in [3.63, 3.8) is 0 Å². The van der Waals surface area contributed by atoms with Crippen molar-refractivity contribution >= 4 is 22.6 Å². The van der Waals surface area contributed by atoms with Gasteiger partial charge in [0.25, 0.3) is 0 Å². The first-order valence-electron chi connectivity index (χ1n) is 4.18. The number of pyridine rings is 1. The number of halogens is 7. The molecule has 0 saturated carbocycles. The summed E-state index contributed by atoms with van der Waals surface area (Å²) in [5.74, 6) is -1.62. The van der Waals surface area contributed by atoms with Gasteiger partial charge in [0.05, 0.1) is 12.3 Å². The molecule has 0 unspecified atom stereocenters. The van der Waals surface area contributed by atoms with Crippen LogP contribution in [0.5, 0.6) is 5.88 Å². The van der Waals surface area contributed by atoms with E-state index < -0.39 is 34.2 Å². The monoisotopic (exact) mass is 387 g/mol. The molecule has 18 heavy (non-hydrogen) atoms. The van der Waals surface area contributed by atoms with Gasteiger partial charge in [-0.2, -0.15) is 13.2 Å². The molecule has 3 nitrogen and oxygen atoms in total. The summed E-state index contributed by atoms with van der Waals surface area (Å²) in [5, 5.41) is 8.69. The number of aliphatic hydroxyl groups is 1. The third-order valence-electron chi connectivity index (χ3n) is 1.65. The van der Waals surface area contributed by atoms with Gasteiger partial charge in [0, 0.05) is 3.57 Å². The maximum atomic E-state index is 12.6. The summed E-state index contributed by atoms with van der Waals surface area (Å²) in [6, 6.07) is 0.826. The molecule has 1 rings (SSSR count). The van der Waals surface area contributed by atoms with Crippen molar-refractivity contribution in [1.82, 2.24) is 4.98 Å². The van der Waals surface area contributed by atoms with E-state index in [1.807, 2.05) is 0 Å². The fourth-order valence-corrected chi connectivity index (χ4v) is 1.96. The van der Waals surface area contributed by atoms with E-state index in [0.29, 0.717) is 0 Å². The normalized spacial score (nSPS) is 12.7. The minimum atomic E-state index is -5.30. The second-order valence-electron chi connectivity index (χ2n) is 2.98. The SMILES string of the molecule is OCc1cc(I)c(C(F)(F)F)c(OC(F)(F)F)n1. The zero-order valence-corrected chi connectivity index (χ0v) is 10.4. The Hall–Kier alpha value is -0.780.